The Labute approximate surface area is 278 Å². The highest BCUT2D eigenvalue weighted by molar-refractivity contribution is 5.90. The molecule has 4 aliphatic rings. The second-order valence-electron chi connectivity index (χ2n) is 12.2. The minimum absolute atomic E-state index is 0. The number of ether oxygens (including phenoxy) is 2. The highest BCUT2D eigenvalue weighted by Crippen LogP contribution is 2.41. The van der Waals surface area contributed by atoms with E-state index in [0.717, 1.165) is 34.9 Å². The van der Waals surface area contributed by atoms with Crippen LogP contribution in [-0.2, 0) is 34.7 Å². The third kappa shape index (κ3) is 6.23. The molecule has 4 aliphatic heterocycles. The summed E-state index contributed by atoms with van der Waals surface area (Å²) >= 11 is 0. The summed E-state index contributed by atoms with van der Waals surface area (Å²) < 4.78 is 12.7. The lowest BCUT2D eigenvalue weighted by atomic mass is 9.86. The Bertz CT molecular complexity index is 1700. The molecule has 1 amide bonds. The molecule has 0 spiro atoms. The van der Waals surface area contributed by atoms with Gasteiger partial charge in [0.25, 0.3) is 5.56 Å². The smallest absolute Gasteiger partial charge is 0.415 e. The van der Waals surface area contributed by atoms with E-state index in [9.17, 15) is 19.5 Å². The minimum atomic E-state index is -1.86. The first-order valence-electron chi connectivity index (χ1n) is 15.7. The zero-order chi connectivity index (χ0) is 29.9. The van der Waals surface area contributed by atoms with E-state index in [1.54, 1.807) is 23.6 Å². The molecule has 0 radical (unpaired) electrons. The average Bonchev–Trinajstić information content (AvgIpc) is 3.41. The number of aliphatic hydroxyl groups is 1. The molecule has 0 aliphatic carbocycles. The van der Waals surface area contributed by atoms with Crippen LogP contribution in [0.5, 0.6) is 5.75 Å². The fraction of sp³-hybridized carbons (Fsp3) is 0.515. The van der Waals surface area contributed by atoms with Crippen molar-refractivity contribution in [2.24, 2.45) is 0 Å². The fourth-order valence-corrected chi connectivity index (χ4v) is 7.47. The number of cyclic esters (lactones) is 1. The van der Waals surface area contributed by atoms with E-state index < -0.39 is 11.6 Å². The van der Waals surface area contributed by atoms with Crippen molar-refractivity contribution in [3.63, 3.8) is 0 Å². The number of hydrogen-bond donors (Lipinski definition) is 1. The van der Waals surface area contributed by atoms with Gasteiger partial charge in [0.2, 0.25) is 0 Å². The zero-order valence-corrected chi connectivity index (χ0v) is 27.6. The Hall–Kier alpha value is -3.59. The highest BCUT2D eigenvalue weighted by atomic mass is 35.5. The zero-order valence-electron chi connectivity index (χ0n) is 26.8. The quantitative estimate of drug-likeness (QED) is 0.315. The van der Waals surface area contributed by atoms with Gasteiger partial charge >= 0.3 is 12.1 Å². The number of esters is 1. The molecule has 1 atom stereocenters. The topological polar surface area (TPSA) is 209 Å². The van der Waals surface area contributed by atoms with Crippen molar-refractivity contribution in [1.29, 1.82) is 0 Å². The van der Waals surface area contributed by atoms with E-state index in [2.05, 4.69) is 11.8 Å². The highest BCUT2D eigenvalue weighted by Gasteiger charge is 2.45. The van der Waals surface area contributed by atoms with E-state index in [1.807, 2.05) is 17.0 Å². The summed E-state index contributed by atoms with van der Waals surface area (Å²) in [5.74, 6) is -0.266. The van der Waals surface area contributed by atoms with Crippen molar-refractivity contribution in [1.82, 2.24) is 19.4 Å². The number of pyridine rings is 2. The van der Waals surface area contributed by atoms with Gasteiger partial charge in [0.1, 0.15) is 12.4 Å². The van der Waals surface area contributed by atoms with Crippen molar-refractivity contribution in [2.75, 3.05) is 26.2 Å². The number of hydrogen-bond acceptors (Lipinski definition) is 8. The Morgan fingerprint density at radius 2 is 1.72 bits per heavy atom. The molecule has 7 rings (SSSR count). The summed E-state index contributed by atoms with van der Waals surface area (Å²) in [5, 5.41) is 12.0. The van der Waals surface area contributed by atoms with Crippen molar-refractivity contribution in [2.45, 2.75) is 83.6 Å². The minimum Gasteiger partial charge on any atom is -0.458 e. The van der Waals surface area contributed by atoms with Crippen LogP contribution in [-0.4, -0.2) is 85.2 Å². The van der Waals surface area contributed by atoms with Gasteiger partial charge in [-0.15, -0.1) is 12.4 Å². The predicted molar refractivity (Wildman–Crippen MR) is 178 cm³/mol. The molecule has 47 heavy (non-hydrogen) atoms. The molecule has 14 heteroatoms. The maximum absolute atomic E-state index is 13.6. The lowest BCUT2D eigenvalue weighted by Crippen LogP contribution is -2.48. The number of benzene rings is 1. The summed E-state index contributed by atoms with van der Waals surface area (Å²) in [4.78, 5) is 48.5. The van der Waals surface area contributed by atoms with Gasteiger partial charge < -0.3 is 45.4 Å². The number of carbonyl (C=O) groups is 2. The van der Waals surface area contributed by atoms with E-state index in [4.69, 9.17) is 14.5 Å². The SMILES string of the molecule is CCc1c2c(nc3ccc(OC(=O)N4CCC(N5CCCCC5)CC4)cc13)-c1cc3c(c(=O)n1C2)COC(=O)C3(O)CC.Cl.O.O.O. The van der Waals surface area contributed by atoms with E-state index in [-0.39, 0.29) is 53.5 Å². The van der Waals surface area contributed by atoms with Gasteiger partial charge in [-0.05, 0) is 81.4 Å². The summed E-state index contributed by atoms with van der Waals surface area (Å²) in [5.41, 5.74) is 2.38. The maximum Gasteiger partial charge on any atom is 0.415 e. The molecule has 0 bridgehead atoms. The average molecular weight is 677 g/mol. The number of fused-ring (bicyclic) bond motifs is 5. The van der Waals surface area contributed by atoms with Gasteiger partial charge in [-0.3, -0.25) is 4.79 Å². The Balaban J connectivity index is 0.00000150. The van der Waals surface area contributed by atoms with E-state index >= 15 is 0 Å². The normalized spacial score (nSPS) is 20.3. The Morgan fingerprint density at radius 3 is 2.38 bits per heavy atom. The van der Waals surface area contributed by atoms with E-state index in [0.29, 0.717) is 60.4 Å². The summed E-state index contributed by atoms with van der Waals surface area (Å²) in [6.45, 7) is 7.65. The number of piperidine rings is 2. The second kappa shape index (κ2) is 14.7. The number of amides is 1. The molecule has 2 aromatic heterocycles. The lowest BCUT2D eigenvalue weighted by Gasteiger charge is -2.39. The van der Waals surface area contributed by atoms with Gasteiger partial charge in [0, 0.05) is 35.6 Å². The molecule has 258 valence electrons. The van der Waals surface area contributed by atoms with Crippen LogP contribution in [0.4, 0.5) is 4.79 Å². The standard InChI is InChI=1S/C33H38N4O6.ClH.3H2O/c1-3-22-23-16-21(43-32(40)36-14-10-20(11-15-36)35-12-6-5-7-13-35)8-9-27(23)34-29-24(22)18-37-28(29)17-26-25(30(37)38)19-42-31(39)33(26,41)4-2;;;;/h8-9,16-17,20,41H,3-7,10-15,18-19H2,1-2H3;1H;3*1H2. The Morgan fingerprint density at radius 1 is 1.02 bits per heavy atom. The fourth-order valence-electron chi connectivity index (χ4n) is 7.47. The van der Waals surface area contributed by atoms with Crippen LogP contribution < -0.4 is 10.3 Å². The third-order valence-corrected chi connectivity index (χ3v) is 9.97. The Kier molecular flexibility index (Phi) is 11.8. The van der Waals surface area contributed by atoms with Crippen LogP contribution in [0.3, 0.4) is 0 Å². The maximum atomic E-state index is 13.6. The molecule has 2 saturated heterocycles. The molecule has 0 saturated carbocycles. The van der Waals surface area contributed by atoms with Crippen LogP contribution in [0.1, 0.15) is 74.6 Å². The number of nitrogens with zero attached hydrogens (tertiary/aromatic N) is 4. The van der Waals surface area contributed by atoms with Gasteiger partial charge in [0.05, 0.1) is 29.0 Å². The first kappa shape index (κ1) is 37.9. The molecule has 1 aromatic carbocycles. The number of likely N-dealkylation sites (tertiary alicyclic amines) is 2. The summed E-state index contributed by atoms with van der Waals surface area (Å²) in [6, 6.07) is 7.77. The second-order valence-corrected chi connectivity index (χ2v) is 12.2. The largest absolute Gasteiger partial charge is 0.458 e. The molecule has 13 nitrogen and oxygen atoms in total. The number of aromatic nitrogens is 2. The number of carbonyl (C=O) groups excluding carboxylic acids is 2. The molecular formula is C33H45ClN4O9. The summed E-state index contributed by atoms with van der Waals surface area (Å²) in [7, 11) is 0. The van der Waals surface area contributed by atoms with Gasteiger partial charge in [0.15, 0.2) is 5.60 Å². The molecule has 2 fully saturated rings. The molecule has 7 N–H and O–H groups in total. The first-order chi connectivity index (χ1) is 20.8. The van der Waals surface area contributed by atoms with Crippen LogP contribution in [0.2, 0.25) is 0 Å². The molecular weight excluding hydrogens is 632 g/mol. The lowest BCUT2D eigenvalue weighted by molar-refractivity contribution is -0.172. The van der Waals surface area contributed by atoms with Gasteiger partial charge in [-0.2, -0.15) is 0 Å². The van der Waals surface area contributed by atoms with Crippen LogP contribution in [0, 0.1) is 0 Å². The van der Waals surface area contributed by atoms with Crippen molar-refractivity contribution in [3.05, 3.63) is 56.9 Å². The van der Waals surface area contributed by atoms with Crippen molar-refractivity contribution < 1.29 is 40.6 Å². The predicted octanol–water partition coefficient (Wildman–Crippen LogP) is 2.04. The van der Waals surface area contributed by atoms with Crippen LogP contribution in [0.25, 0.3) is 22.3 Å². The summed E-state index contributed by atoms with van der Waals surface area (Å²) in [6.07, 6.45) is 6.26. The third-order valence-electron chi connectivity index (χ3n) is 9.97. The van der Waals surface area contributed by atoms with Gasteiger partial charge in [-0.1, -0.05) is 20.3 Å². The molecule has 1 unspecified atom stereocenters. The van der Waals surface area contributed by atoms with Gasteiger partial charge in [-0.25, -0.2) is 14.6 Å². The number of halogens is 1. The van der Waals surface area contributed by atoms with E-state index in [1.165, 1.54) is 32.4 Å². The van der Waals surface area contributed by atoms with Crippen LogP contribution in [0.15, 0.2) is 29.1 Å². The van der Waals surface area contributed by atoms with Crippen molar-refractivity contribution in [3.8, 4) is 17.1 Å². The number of rotatable bonds is 4. The van der Waals surface area contributed by atoms with Crippen LogP contribution >= 0.6 is 12.4 Å². The monoisotopic (exact) mass is 676 g/mol. The molecule has 3 aromatic rings. The van der Waals surface area contributed by atoms with Crippen molar-refractivity contribution >= 4 is 35.4 Å². The molecule has 6 heterocycles. The number of aryl methyl sites for hydroxylation is 1. The first-order valence-corrected chi connectivity index (χ1v) is 15.7.